The van der Waals surface area contributed by atoms with Crippen LogP contribution in [-0.4, -0.2) is 0 Å². The molecule has 10 aliphatic rings. The van der Waals surface area contributed by atoms with Crippen LogP contribution in [0.25, 0.3) is 0 Å². The Morgan fingerprint density at radius 3 is 0.941 bits per heavy atom. The summed E-state index contributed by atoms with van der Waals surface area (Å²) < 4.78 is 0. The molecule has 4 bridgehead atoms. The van der Waals surface area contributed by atoms with Crippen molar-refractivity contribution in [2.24, 2.45) is 121 Å². The van der Waals surface area contributed by atoms with Crippen LogP contribution in [0.1, 0.15) is 425 Å². The lowest BCUT2D eigenvalue weighted by atomic mass is 9.56. The summed E-state index contributed by atoms with van der Waals surface area (Å²) in [7, 11) is 0. The summed E-state index contributed by atoms with van der Waals surface area (Å²) in [5.74, 6) is 15.8. The van der Waals surface area contributed by atoms with Gasteiger partial charge in [0.05, 0.1) is 0 Å². The molecule has 4 unspecified atom stereocenters. The second-order valence-electron chi connectivity index (χ2n) is 38.3. The van der Waals surface area contributed by atoms with Gasteiger partial charge in [0.1, 0.15) is 0 Å². The van der Waals surface area contributed by atoms with E-state index >= 15 is 0 Å². The van der Waals surface area contributed by atoms with Crippen molar-refractivity contribution >= 4 is 0 Å². The van der Waals surface area contributed by atoms with Crippen LogP contribution in [0.4, 0.5) is 0 Å². The molecule has 10 saturated carbocycles. The second-order valence-corrected chi connectivity index (χ2v) is 38.3. The monoisotopic (exact) mass is 1190 g/mol. The third-order valence-corrected chi connectivity index (χ3v) is 26.5. The van der Waals surface area contributed by atoms with Gasteiger partial charge in [0, 0.05) is 0 Å². The van der Waals surface area contributed by atoms with Crippen LogP contribution in [0.3, 0.4) is 0 Å². The number of hydrogen-bond donors (Lipinski definition) is 0. The van der Waals surface area contributed by atoms with E-state index in [1.807, 2.05) is 0 Å². The maximum Gasteiger partial charge on any atom is -0.0257 e. The summed E-state index contributed by atoms with van der Waals surface area (Å²) >= 11 is 0. The van der Waals surface area contributed by atoms with Gasteiger partial charge in [-0.15, -0.1) is 0 Å². The zero-order valence-corrected chi connectivity index (χ0v) is 64.8. The first-order chi connectivity index (χ1) is 39.3. The lowest BCUT2D eigenvalue weighted by Gasteiger charge is -2.49. The van der Waals surface area contributed by atoms with E-state index in [9.17, 15) is 0 Å². The van der Waals surface area contributed by atoms with Crippen LogP contribution < -0.4 is 0 Å². The fraction of sp³-hybridized carbons (Fsp3) is 1.00. The topological polar surface area (TPSA) is 0 Å². The second kappa shape index (κ2) is 41.6. The Balaban J connectivity index is 0.000000473. The smallest absolute Gasteiger partial charge is 0.0257 e. The normalized spacial score (nSPS) is 31.8. The molecule has 0 aromatic rings. The zero-order valence-electron chi connectivity index (χ0n) is 64.8. The summed E-state index contributed by atoms with van der Waals surface area (Å²) in [6.07, 6.45) is 55.3. The molecule has 0 N–H and O–H groups in total. The Labute approximate surface area is 542 Å². The summed E-state index contributed by atoms with van der Waals surface area (Å²) in [4.78, 5) is 0. The van der Waals surface area contributed by atoms with E-state index in [4.69, 9.17) is 0 Å². The van der Waals surface area contributed by atoms with E-state index in [0.29, 0.717) is 32.5 Å². The van der Waals surface area contributed by atoms with Gasteiger partial charge in [0.2, 0.25) is 0 Å². The van der Waals surface area contributed by atoms with Crippen LogP contribution in [0, 0.1) is 121 Å². The van der Waals surface area contributed by atoms with Crippen LogP contribution >= 0.6 is 0 Å². The molecule has 0 spiro atoms. The molecular weight excluding hydrogens is 1020 g/mol. The summed E-state index contributed by atoms with van der Waals surface area (Å²) in [5, 5.41) is 0. The maximum atomic E-state index is 2.44. The predicted octanol–water partition coefficient (Wildman–Crippen LogP) is 30.1. The van der Waals surface area contributed by atoms with Crippen molar-refractivity contribution in [3.63, 3.8) is 0 Å². The van der Waals surface area contributed by atoms with Crippen LogP contribution in [-0.2, 0) is 0 Å². The SMILES string of the molecule is CC(C(C)(C)C)C(C)(C)C.CC(C)(C)C(C)(C)C(C)(C)C.CC1(C)CCCCC1.CC1C2CCC1CC2.CC1CCC(C)CC1.CC1CCCC[C@H]1C.CC1CCC[C@@H](C)C1.CCC1CCCCC1.CCCC1CCCC1.C[C@H]1CC2CCC1C2. The molecule has 7 atom stereocenters. The molecule has 10 rings (SSSR count). The number of rotatable bonds is 3. The quantitative estimate of drug-likeness (QED) is 0.264. The molecule has 0 nitrogen and oxygen atoms in total. The molecule has 10 fully saturated rings. The minimum absolute atomic E-state index is 0.375. The Kier molecular flexibility index (Phi) is 40.6. The Morgan fingerprint density at radius 1 is 0.353 bits per heavy atom. The van der Waals surface area contributed by atoms with Gasteiger partial charge < -0.3 is 0 Å². The third kappa shape index (κ3) is 35.6. The van der Waals surface area contributed by atoms with Crippen molar-refractivity contribution in [2.75, 3.05) is 0 Å². The Morgan fingerprint density at radius 2 is 0.729 bits per heavy atom. The average Bonchev–Trinajstić information content (AvgIpc) is 3.01. The van der Waals surface area contributed by atoms with Gasteiger partial charge in [0.15, 0.2) is 0 Å². The van der Waals surface area contributed by atoms with Crippen LogP contribution in [0.15, 0.2) is 0 Å². The van der Waals surface area contributed by atoms with E-state index < -0.39 is 0 Å². The molecule has 0 radical (unpaired) electrons. The van der Waals surface area contributed by atoms with Crippen LogP contribution in [0.2, 0.25) is 0 Å². The molecular formula is C85H170. The summed E-state index contributed by atoms with van der Waals surface area (Å²) in [6.45, 7) is 63.3. The van der Waals surface area contributed by atoms with Gasteiger partial charge >= 0.3 is 0 Å². The molecule has 510 valence electrons. The van der Waals surface area contributed by atoms with Gasteiger partial charge in [-0.1, -0.05) is 360 Å². The maximum absolute atomic E-state index is 2.44. The summed E-state index contributed by atoms with van der Waals surface area (Å²) in [6, 6.07) is 0. The summed E-state index contributed by atoms with van der Waals surface area (Å²) in [5.41, 5.74) is 2.70. The lowest BCUT2D eigenvalue weighted by molar-refractivity contribution is 0.00575. The van der Waals surface area contributed by atoms with Crippen molar-refractivity contribution in [3.8, 4) is 0 Å². The molecule has 0 aromatic heterocycles. The minimum atomic E-state index is 0.375. The van der Waals surface area contributed by atoms with Gasteiger partial charge in [-0.25, -0.2) is 0 Å². The average molecular weight is 1190 g/mol. The fourth-order valence-electron chi connectivity index (χ4n) is 17.0. The van der Waals surface area contributed by atoms with Crippen LogP contribution in [0.5, 0.6) is 0 Å². The highest BCUT2D eigenvalue weighted by atomic mass is 14.5. The molecule has 0 amide bonds. The highest BCUT2D eigenvalue weighted by molar-refractivity contribution is 4.92. The number of hydrogen-bond acceptors (Lipinski definition) is 0. The minimum Gasteiger partial charge on any atom is -0.0654 e. The van der Waals surface area contributed by atoms with Crippen molar-refractivity contribution in [2.45, 2.75) is 425 Å². The molecule has 0 aliphatic heterocycles. The highest BCUT2D eigenvalue weighted by Crippen LogP contribution is 2.51. The first-order valence-corrected chi connectivity index (χ1v) is 39.3. The molecule has 0 heterocycles. The molecule has 10 aliphatic carbocycles. The zero-order chi connectivity index (χ0) is 64.8. The van der Waals surface area contributed by atoms with Gasteiger partial charge in [-0.2, -0.15) is 0 Å². The Bertz CT molecular complexity index is 1470. The van der Waals surface area contributed by atoms with Crippen molar-refractivity contribution in [1.82, 2.24) is 0 Å². The highest BCUT2D eigenvalue weighted by Gasteiger charge is 2.42. The molecule has 0 saturated heterocycles. The van der Waals surface area contributed by atoms with E-state index in [2.05, 4.69) is 187 Å². The van der Waals surface area contributed by atoms with Crippen molar-refractivity contribution in [3.05, 3.63) is 0 Å². The standard InChI is InChI=1S/C11H24.C10H22.2C8H14.6C8H16/c1-9(2,3)11(7,8)10(4,5)6;1-8(9(2,3)4)10(5,6)7;1-6-4-7-2-3-8(6)5-7;1-6-7-2-3-8(6)5-4-7;1-7-3-5-8(2)6-4-7;1-7-4-3-5-8(2)6-7;1-8(2)6-4-3-5-7-8;1-7-5-3-4-6-8(7)2;1-2-8-6-4-3-5-7-8;1-2-5-8-6-3-4-7-8/h1-8H3;8H,1-7H3;2*6-8H,2-5H2,1H3;2*7-8H,3-6H2,1-2H3;3-7H2,1-2H3;7-8H,3-6H2,1-2H3;2*8H,2-7H2,1H3/t;;6-,7?,8?;;;7-,8?;;7-,8?;;/m..0..1.1../s1. The third-order valence-electron chi connectivity index (χ3n) is 26.5. The molecule has 0 heteroatoms. The van der Waals surface area contributed by atoms with E-state index in [1.165, 1.54) is 186 Å². The molecule has 85 heavy (non-hydrogen) atoms. The largest absolute Gasteiger partial charge is 0.0654 e. The van der Waals surface area contributed by atoms with Gasteiger partial charge in [-0.05, 0) is 185 Å². The van der Waals surface area contributed by atoms with Gasteiger partial charge in [0.25, 0.3) is 0 Å². The van der Waals surface area contributed by atoms with E-state index in [0.717, 1.165) is 88.8 Å². The lowest BCUT2D eigenvalue weighted by Crippen LogP contribution is -2.41. The number of fused-ring (bicyclic) bond motifs is 4. The Hall–Kier alpha value is 0. The van der Waals surface area contributed by atoms with E-state index in [-0.39, 0.29) is 0 Å². The predicted molar refractivity (Wildman–Crippen MR) is 391 cm³/mol. The fourth-order valence-corrected chi connectivity index (χ4v) is 17.0. The van der Waals surface area contributed by atoms with Crippen molar-refractivity contribution in [1.29, 1.82) is 0 Å². The molecule has 0 aromatic carbocycles. The van der Waals surface area contributed by atoms with Crippen molar-refractivity contribution < 1.29 is 0 Å². The van der Waals surface area contributed by atoms with Gasteiger partial charge in [-0.3, -0.25) is 0 Å². The first-order valence-electron chi connectivity index (χ1n) is 39.3. The van der Waals surface area contributed by atoms with E-state index in [1.54, 1.807) is 51.4 Å². The first kappa shape index (κ1) is 83.0.